The molecule has 0 spiro atoms. The van der Waals surface area contributed by atoms with Gasteiger partial charge in [-0.1, -0.05) is 55.8 Å². The molecule has 1 N–H and O–H groups in total. The molecule has 3 nitrogen and oxygen atoms in total. The molecule has 0 heterocycles. The van der Waals surface area contributed by atoms with Crippen molar-refractivity contribution in [1.82, 2.24) is 0 Å². The van der Waals surface area contributed by atoms with Crippen molar-refractivity contribution >= 4 is 38.3 Å². The largest absolute Gasteiger partial charge is 0.483 e. The molecule has 0 aromatic heterocycles. The van der Waals surface area contributed by atoms with Crippen LogP contribution in [0, 0.1) is 0 Å². The highest BCUT2D eigenvalue weighted by molar-refractivity contribution is 9.10. The fraction of sp³-hybridized carbons (Fsp3) is 0.190. The fourth-order valence-electron chi connectivity index (χ4n) is 2.77. The number of benzene rings is 3. The highest BCUT2D eigenvalue weighted by Crippen LogP contribution is 2.27. The Bertz CT molecular complexity index is 887. The summed E-state index contributed by atoms with van der Waals surface area (Å²) < 4.78 is 6.53. The van der Waals surface area contributed by atoms with Gasteiger partial charge in [-0.15, -0.1) is 0 Å². The molecule has 3 aromatic carbocycles. The number of anilines is 1. The molecule has 0 unspecified atom stereocenters. The van der Waals surface area contributed by atoms with Gasteiger partial charge in [-0.2, -0.15) is 0 Å². The number of rotatable bonds is 6. The molecule has 3 aromatic rings. The Morgan fingerprint density at radius 2 is 1.88 bits per heavy atom. The van der Waals surface area contributed by atoms with E-state index in [2.05, 4.69) is 28.2 Å². The summed E-state index contributed by atoms with van der Waals surface area (Å²) in [6, 6.07) is 19.8. The lowest BCUT2D eigenvalue weighted by molar-refractivity contribution is -0.118. The minimum atomic E-state index is -0.180. The Balaban J connectivity index is 1.65. The molecule has 1 amide bonds. The molecule has 0 aliphatic carbocycles. The van der Waals surface area contributed by atoms with E-state index in [1.54, 1.807) is 0 Å². The predicted molar refractivity (Wildman–Crippen MR) is 106 cm³/mol. The normalized spacial score (nSPS) is 10.6. The molecule has 128 valence electrons. The van der Waals surface area contributed by atoms with Crippen LogP contribution in [0.4, 0.5) is 5.69 Å². The van der Waals surface area contributed by atoms with E-state index in [-0.39, 0.29) is 12.5 Å². The van der Waals surface area contributed by atoms with Crippen molar-refractivity contribution in [3.8, 4) is 5.75 Å². The number of carbonyl (C=O) groups is 1. The van der Waals surface area contributed by atoms with Crippen LogP contribution in [0.1, 0.15) is 18.9 Å². The van der Waals surface area contributed by atoms with Gasteiger partial charge in [0.05, 0.1) is 4.47 Å². The lowest BCUT2D eigenvalue weighted by atomic mass is 10.1. The van der Waals surface area contributed by atoms with E-state index in [9.17, 15) is 4.79 Å². The van der Waals surface area contributed by atoms with E-state index >= 15 is 0 Å². The first-order chi connectivity index (χ1) is 12.2. The molecule has 0 atom stereocenters. The van der Waals surface area contributed by atoms with Gasteiger partial charge >= 0.3 is 0 Å². The molecule has 4 heteroatoms. The predicted octanol–water partition coefficient (Wildman–Crippen LogP) is 5.57. The summed E-state index contributed by atoms with van der Waals surface area (Å²) in [5.41, 5.74) is 2.05. The number of ether oxygens (including phenoxy) is 1. The van der Waals surface area contributed by atoms with Gasteiger partial charge in [0.25, 0.3) is 5.91 Å². The second-order valence-electron chi connectivity index (χ2n) is 5.88. The highest BCUT2D eigenvalue weighted by Gasteiger charge is 2.08. The summed E-state index contributed by atoms with van der Waals surface area (Å²) in [5.74, 6) is 0.494. The first-order valence-electron chi connectivity index (χ1n) is 8.36. The standard InChI is InChI=1S/C21H20BrNO2/c1-2-6-15-11-12-20(18(22)13-15)25-14-21(24)23-19-10-5-8-16-7-3-4-9-17(16)19/h3-5,7-13H,2,6,14H2,1H3,(H,23,24). The van der Waals surface area contributed by atoms with Crippen molar-refractivity contribution in [3.05, 3.63) is 70.7 Å². The number of aryl methyl sites for hydroxylation is 1. The third-order valence-corrected chi connectivity index (χ3v) is 4.58. The summed E-state index contributed by atoms with van der Waals surface area (Å²) >= 11 is 3.51. The molecule has 0 saturated carbocycles. The summed E-state index contributed by atoms with van der Waals surface area (Å²) in [6.07, 6.45) is 2.13. The van der Waals surface area contributed by atoms with E-state index in [4.69, 9.17) is 4.74 Å². The number of nitrogens with one attached hydrogen (secondary N) is 1. The Morgan fingerprint density at radius 3 is 2.68 bits per heavy atom. The molecule has 0 fully saturated rings. The first-order valence-corrected chi connectivity index (χ1v) is 9.15. The maximum Gasteiger partial charge on any atom is 0.262 e. The Morgan fingerprint density at radius 1 is 1.08 bits per heavy atom. The zero-order chi connectivity index (χ0) is 17.6. The minimum Gasteiger partial charge on any atom is -0.483 e. The Kier molecular flexibility index (Phi) is 5.71. The van der Waals surface area contributed by atoms with Crippen molar-refractivity contribution in [1.29, 1.82) is 0 Å². The number of carbonyl (C=O) groups excluding carboxylic acids is 1. The van der Waals surface area contributed by atoms with Crippen LogP contribution >= 0.6 is 15.9 Å². The molecule has 3 rings (SSSR count). The number of hydrogen-bond donors (Lipinski definition) is 1. The van der Waals surface area contributed by atoms with Gasteiger partial charge in [-0.3, -0.25) is 4.79 Å². The van der Waals surface area contributed by atoms with E-state index in [1.165, 1.54) is 5.56 Å². The van der Waals surface area contributed by atoms with Crippen LogP contribution < -0.4 is 10.1 Å². The summed E-state index contributed by atoms with van der Waals surface area (Å²) in [4.78, 5) is 12.3. The first kappa shape index (κ1) is 17.5. The lowest BCUT2D eigenvalue weighted by Crippen LogP contribution is -2.20. The van der Waals surface area contributed by atoms with Crippen molar-refractivity contribution in [2.24, 2.45) is 0 Å². The number of hydrogen-bond acceptors (Lipinski definition) is 2. The van der Waals surface area contributed by atoms with Crippen molar-refractivity contribution in [3.63, 3.8) is 0 Å². The van der Waals surface area contributed by atoms with Gasteiger partial charge < -0.3 is 10.1 Å². The molecular formula is C21H20BrNO2. The molecule has 0 aliphatic heterocycles. The number of halogens is 1. The molecule has 0 radical (unpaired) electrons. The maximum absolute atomic E-state index is 12.3. The maximum atomic E-state index is 12.3. The third kappa shape index (κ3) is 4.40. The highest BCUT2D eigenvalue weighted by atomic mass is 79.9. The van der Waals surface area contributed by atoms with Crippen LogP contribution in [0.2, 0.25) is 0 Å². The van der Waals surface area contributed by atoms with Gasteiger partial charge in [0.1, 0.15) is 5.75 Å². The van der Waals surface area contributed by atoms with Crippen LogP contribution in [0.3, 0.4) is 0 Å². The smallest absolute Gasteiger partial charge is 0.262 e. The average Bonchev–Trinajstić information content (AvgIpc) is 2.62. The Labute approximate surface area is 156 Å². The summed E-state index contributed by atoms with van der Waals surface area (Å²) in [6.45, 7) is 2.12. The topological polar surface area (TPSA) is 38.3 Å². The summed E-state index contributed by atoms with van der Waals surface area (Å²) in [5, 5.41) is 5.04. The molecular weight excluding hydrogens is 378 g/mol. The SMILES string of the molecule is CCCc1ccc(OCC(=O)Nc2cccc3ccccc23)c(Br)c1. The summed E-state index contributed by atoms with van der Waals surface area (Å²) in [7, 11) is 0. The van der Waals surface area contributed by atoms with Crippen molar-refractivity contribution in [2.45, 2.75) is 19.8 Å². The van der Waals surface area contributed by atoms with Gasteiger partial charge in [-0.05, 0) is 51.5 Å². The van der Waals surface area contributed by atoms with Gasteiger partial charge in [0, 0.05) is 11.1 Å². The van der Waals surface area contributed by atoms with Crippen LogP contribution in [-0.2, 0) is 11.2 Å². The number of fused-ring (bicyclic) bond motifs is 1. The zero-order valence-electron chi connectivity index (χ0n) is 14.1. The Hall–Kier alpha value is -2.33. The van der Waals surface area contributed by atoms with Gasteiger partial charge in [0.15, 0.2) is 6.61 Å². The van der Waals surface area contributed by atoms with Crippen LogP contribution in [-0.4, -0.2) is 12.5 Å². The quantitative estimate of drug-likeness (QED) is 0.589. The number of amides is 1. The van der Waals surface area contributed by atoms with Crippen molar-refractivity contribution < 1.29 is 9.53 Å². The molecule has 0 bridgehead atoms. The lowest BCUT2D eigenvalue weighted by Gasteiger charge is -2.11. The van der Waals surface area contributed by atoms with Crippen LogP contribution in [0.15, 0.2) is 65.1 Å². The fourth-order valence-corrected chi connectivity index (χ4v) is 3.31. The zero-order valence-corrected chi connectivity index (χ0v) is 15.7. The van der Waals surface area contributed by atoms with E-state index in [1.807, 2.05) is 60.7 Å². The second-order valence-corrected chi connectivity index (χ2v) is 6.73. The molecule has 25 heavy (non-hydrogen) atoms. The average molecular weight is 398 g/mol. The van der Waals surface area contributed by atoms with Crippen molar-refractivity contribution in [2.75, 3.05) is 11.9 Å². The molecule has 0 aliphatic rings. The second kappa shape index (κ2) is 8.17. The monoisotopic (exact) mass is 397 g/mol. The van der Waals surface area contributed by atoms with E-state index < -0.39 is 0 Å². The van der Waals surface area contributed by atoms with Crippen LogP contribution in [0.5, 0.6) is 5.75 Å². The van der Waals surface area contributed by atoms with Gasteiger partial charge in [-0.25, -0.2) is 0 Å². The minimum absolute atomic E-state index is 0.0328. The van der Waals surface area contributed by atoms with E-state index in [0.29, 0.717) is 5.75 Å². The third-order valence-electron chi connectivity index (χ3n) is 3.96. The van der Waals surface area contributed by atoms with E-state index in [0.717, 1.165) is 33.8 Å². The molecule has 0 saturated heterocycles. The van der Waals surface area contributed by atoms with Gasteiger partial charge in [0.2, 0.25) is 0 Å². The van der Waals surface area contributed by atoms with Crippen LogP contribution in [0.25, 0.3) is 10.8 Å².